The van der Waals surface area contributed by atoms with Crippen molar-refractivity contribution in [2.24, 2.45) is 5.92 Å². The van der Waals surface area contributed by atoms with Gasteiger partial charge in [-0.2, -0.15) is 5.26 Å². The summed E-state index contributed by atoms with van der Waals surface area (Å²) in [6, 6.07) is 6.12. The molecule has 0 aliphatic carbocycles. The van der Waals surface area contributed by atoms with Crippen molar-refractivity contribution in [3.05, 3.63) is 35.1 Å². The third kappa shape index (κ3) is 3.11. The van der Waals surface area contributed by atoms with E-state index >= 15 is 0 Å². The van der Waals surface area contributed by atoms with Crippen LogP contribution in [0.25, 0.3) is 0 Å². The van der Waals surface area contributed by atoms with Crippen molar-refractivity contribution in [2.45, 2.75) is 5.75 Å². The number of halogens is 1. The second-order valence-electron chi connectivity index (χ2n) is 4.20. The molecule has 1 aliphatic heterocycles. The van der Waals surface area contributed by atoms with Crippen molar-refractivity contribution in [1.82, 2.24) is 5.32 Å². The molecule has 0 aromatic heterocycles. The van der Waals surface area contributed by atoms with E-state index in [9.17, 15) is 8.60 Å². The molecule has 1 fully saturated rings. The van der Waals surface area contributed by atoms with Gasteiger partial charge in [-0.1, -0.05) is 6.07 Å². The quantitative estimate of drug-likeness (QED) is 0.875. The minimum Gasteiger partial charge on any atom is -0.316 e. The lowest BCUT2D eigenvalue weighted by Crippen LogP contribution is -2.44. The minimum absolute atomic E-state index is 0.0183. The van der Waals surface area contributed by atoms with Gasteiger partial charge in [-0.15, -0.1) is 0 Å². The van der Waals surface area contributed by atoms with E-state index in [0.717, 1.165) is 18.7 Å². The fourth-order valence-corrected chi connectivity index (χ4v) is 3.15. The van der Waals surface area contributed by atoms with Crippen molar-refractivity contribution in [3.63, 3.8) is 0 Å². The molecule has 3 nitrogen and oxygen atoms in total. The first-order valence-electron chi connectivity index (χ1n) is 5.43. The van der Waals surface area contributed by atoms with Crippen LogP contribution in [0.5, 0.6) is 0 Å². The Kier molecular flexibility index (Phi) is 3.87. The number of nitrogens with one attached hydrogen (secondary N) is 1. The fraction of sp³-hybridized carbons (Fsp3) is 0.417. The van der Waals surface area contributed by atoms with E-state index in [0.29, 0.717) is 17.4 Å². The van der Waals surface area contributed by atoms with Gasteiger partial charge in [0.05, 0.1) is 5.56 Å². The van der Waals surface area contributed by atoms with Gasteiger partial charge in [0.1, 0.15) is 11.9 Å². The van der Waals surface area contributed by atoms with Crippen LogP contribution in [0.15, 0.2) is 18.2 Å². The predicted octanol–water partition coefficient (Wildman–Crippen LogP) is 1.17. The van der Waals surface area contributed by atoms with Crippen LogP contribution in [-0.2, 0) is 16.6 Å². The average molecular weight is 252 g/mol. The zero-order valence-electron chi connectivity index (χ0n) is 9.28. The Morgan fingerprint density at radius 3 is 2.88 bits per heavy atom. The number of hydrogen-bond acceptors (Lipinski definition) is 3. The molecule has 0 radical (unpaired) electrons. The Morgan fingerprint density at radius 2 is 2.29 bits per heavy atom. The van der Waals surface area contributed by atoms with E-state index in [2.05, 4.69) is 5.32 Å². The fourth-order valence-electron chi connectivity index (χ4n) is 1.72. The molecule has 1 N–H and O–H groups in total. The van der Waals surface area contributed by atoms with Crippen molar-refractivity contribution in [2.75, 3.05) is 18.8 Å². The minimum atomic E-state index is -0.938. The molecule has 1 saturated heterocycles. The van der Waals surface area contributed by atoms with Crippen LogP contribution >= 0.6 is 0 Å². The van der Waals surface area contributed by atoms with Crippen molar-refractivity contribution < 1.29 is 8.60 Å². The summed E-state index contributed by atoms with van der Waals surface area (Å²) in [7, 11) is -0.938. The van der Waals surface area contributed by atoms with Crippen molar-refractivity contribution in [3.8, 4) is 6.07 Å². The summed E-state index contributed by atoms with van der Waals surface area (Å²) in [5.74, 6) is 1.04. The normalized spacial score (nSPS) is 17.2. The highest BCUT2D eigenvalue weighted by Gasteiger charge is 2.19. The topological polar surface area (TPSA) is 52.9 Å². The number of nitrogens with zero attached hydrogens (tertiary/aromatic N) is 1. The smallest absolute Gasteiger partial charge is 0.140 e. The maximum Gasteiger partial charge on any atom is 0.140 e. The summed E-state index contributed by atoms with van der Waals surface area (Å²) in [5, 5.41) is 11.8. The largest absolute Gasteiger partial charge is 0.316 e. The zero-order valence-corrected chi connectivity index (χ0v) is 10.1. The van der Waals surface area contributed by atoms with Gasteiger partial charge in [0.25, 0.3) is 0 Å². The number of rotatable bonds is 4. The highest BCUT2D eigenvalue weighted by molar-refractivity contribution is 7.84. The second-order valence-corrected chi connectivity index (χ2v) is 5.70. The Bertz CT molecular complexity index is 480. The maximum absolute atomic E-state index is 13.1. The molecule has 1 unspecified atom stereocenters. The first kappa shape index (κ1) is 12.2. The molecule has 1 heterocycles. The van der Waals surface area contributed by atoms with Crippen LogP contribution in [0.2, 0.25) is 0 Å². The number of nitriles is 1. The molecule has 2 rings (SSSR count). The zero-order chi connectivity index (χ0) is 12.3. The van der Waals surface area contributed by atoms with E-state index < -0.39 is 16.6 Å². The number of hydrogen-bond donors (Lipinski definition) is 1. The van der Waals surface area contributed by atoms with Crippen LogP contribution < -0.4 is 5.32 Å². The standard InChI is InChI=1S/C12H13FN2OS/c13-12-2-1-9(3-11(12)4-14)7-17(16)8-10-5-15-6-10/h1-3,10,15H,5-8H2. The molecule has 0 saturated carbocycles. The van der Waals surface area contributed by atoms with Gasteiger partial charge < -0.3 is 5.32 Å². The Morgan fingerprint density at radius 1 is 1.53 bits per heavy atom. The number of benzene rings is 1. The van der Waals surface area contributed by atoms with Gasteiger partial charge in [-0.3, -0.25) is 4.21 Å². The van der Waals surface area contributed by atoms with E-state index in [1.807, 2.05) is 0 Å². The summed E-state index contributed by atoms with van der Waals surface area (Å²) < 4.78 is 24.9. The van der Waals surface area contributed by atoms with E-state index in [1.54, 1.807) is 12.1 Å². The first-order chi connectivity index (χ1) is 8.19. The lowest BCUT2D eigenvalue weighted by Gasteiger charge is -2.26. The van der Waals surface area contributed by atoms with E-state index in [1.165, 1.54) is 12.1 Å². The third-order valence-electron chi connectivity index (χ3n) is 2.77. The lowest BCUT2D eigenvalue weighted by atomic mass is 10.1. The molecule has 5 heteroatoms. The summed E-state index contributed by atoms with van der Waals surface area (Å²) >= 11 is 0. The summed E-state index contributed by atoms with van der Waals surface area (Å²) in [4.78, 5) is 0. The Labute approximate surface area is 102 Å². The maximum atomic E-state index is 13.1. The SMILES string of the molecule is N#Cc1cc(CS(=O)CC2CNC2)ccc1F. The average Bonchev–Trinajstić information content (AvgIpc) is 2.26. The Balaban J connectivity index is 1.98. The van der Waals surface area contributed by atoms with Crippen LogP contribution in [0, 0.1) is 23.1 Å². The van der Waals surface area contributed by atoms with Crippen LogP contribution in [0.3, 0.4) is 0 Å². The van der Waals surface area contributed by atoms with Crippen LogP contribution in [0.4, 0.5) is 4.39 Å². The van der Waals surface area contributed by atoms with E-state index in [-0.39, 0.29) is 5.56 Å². The van der Waals surface area contributed by atoms with Gasteiger partial charge in [0, 0.05) is 35.4 Å². The molecular weight excluding hydrogens is 239 g/mol. The monoisotopic (exact) mass is 252 g/mol. The molecular formula is C12H13FN2OS. The van der Waals surface area contributed by atoms with Crippen molar-refractivity contribution >= 4 is 10.8 Å². The van der Waals surface area contributed by atoms with Gasteiger partial charge in [0.2, 0.25) is 0 Å². The molecule has 0 bridgehead atoms. The highest BCUT2D eigenvalue weighted by Crippen LogP contribution is 2.13. The molecule has 0 amide bonds. The van der Waals surface area contributed by atoms with Crippen molar-refractivity contribution in [1.29, 1.82) is 5.26 Å². The molecule has 0 spiro atoms. The molecule has 90 valence electrons. The summed E-state index contributed by atoms with van der Waals surface area (Å²) in [6.45, 7) is 1.86. The first-order valence-corrected chi connectivity index (χ1v) is 6.92. The molecule has 1 aromatic rings. The van der Waals surface area contributed by atoms with Gasteiger partial charge in [-0.05, 0) is 23.6 Å². The molecule has 1 aromatic carbocycles. The highest BCUT2D eigenvalue weighted by atomic mass is 32.2. The second kappa shape index (κ2) is 5.39. The van der Waals surface area contributed by atoms with Gasteiger partial charge in [0.15, 0.2) is 0 Å². The van der Waals surface area contributed by atoms with Crippen LogP contribution in [-0.4, -0.2) is 23.1 Å². The molecule has 17 heavy (non-hydrogen) atoms. The molecule has 1 atom stereocenters. The third-order valence-corrected chi connectivity index (χ3v) is 4.26. The molecule has 1 aliphatic rings. The van der Waals surface area contributed by atoms with Gasteiger partial charge >= 0.3 is 0 Å². The Hall–Kier alpha value is -1.25. The predicted molar refractivity (Wildman–Crippen MR) is 64.2 cm³/mol. The van der Waals surface area contributed by atoms with Gasteiger partial charge in [-0.25, -0.2) is 4.39 Å². The van der Waals surface area contributed by atoms with E-state index in [4.69, 9.17) is 5.26 Å². The lowest BCUT2D eigenvalue weighted by molar-refractivity contribution is 0.382. The summed E-state index contributed by atoms with van der Waals surface area (Å²) in [6.07, 6.45) is 0. The summed E-state index contributed by atoms with van der Waals surface area (Å²) in [5.41, 5.74) is 0.776. The van der Waals surface area contributed by atoms with Crippen LogP contribution in [0.1, 0.15) is 11.1 Å².